The molecule has 0 aliphatic carbocycles. The molecule has 3 amide bonds. The number of H-pyrrole nitrogens is 1. The van der Waals surface area contributed by atoms with Crippen molar-refractivity contribution >= 4 is 51.8 Å². The number of aromatic amines is 1. The highest BCUT2D eigenvalue weighted by Gasteiger charge is 2.34. The summed E-state index contributed by atoms with van der Waals surface area (Å²) >= 11 is 5.72. The molecule has 0 bridgehead atoms. The number of halogens is 2. The number of nitrogens with one attached hydrogen (secondary N) is 4. The zero-order valence-corrected chi connectivity index (χ0v) is 19.3. The van der Waals surface area contributed by atoms with E-state index in [0.29, 0.717) is 23.9 Å². The number of carbonyl (C=O) groups is 4. The summed E-state index contributed by atoms with van der Waals surface area (Å²) in [6, 6.07) is 5.04. The molecule has 1 fully saturated rings. The lowest BCUT2D eigenvalue weighted by atomic mass is 9.92. The maximum atomic E-state index is 14.0. The molecule has 0 spiro atoms. The van der Waals surface area contributed by atoms with Gasteiger partial charge in [0.25, 0.3) is 0 Å². The van der Waals surface area contributed by atoms with Gasteiger partial charge in [-0.25, -0.2) is 4.39 Å². The molecule has 2 aromatic rings. The van der Waals surface area contributed by atoms with E-state index >= 15 is 0 Å². The SMILES string of the molecule is CC(C)C[C@H](C(=O)Nc1cc2c(F)cccc2[nH]1)C(=O)N[C@@H](C[C@@H]1CCNC1=O)C(=O)CCl. The summed E-state index contributed by atoms with van der Waals surface area (Å²) in [7, 11) is 0. The predicted molar refractivity (Wildman–Crippen MR) is 123 cm³/mol. The van der Waals surface area contributed by atoms with Gasteiger partial charge < -0.3 is 20.9 Å². The average Bonchev–Trinajstić information content (AvgIpc) is 3.37. The first-order chi connectivity index (χ1) is 15.7. The monoisotopic (exact) mass is 478 g/mol. The van der Waals surface area contributed by atoms with Crippen molar-refractivity contribution in [1.82, 2.24) is 15.6 Å². The summed E-state index contributed by atoms with van der Waals surface area (Å²) in [5.74, 6) is -3.76. The lowest BCUT2D eigenvalue weighted by Crippen LogP contribution is -2.48. The van der Waals surface area contributed by atoms with Crippen molar-refractivity contribution in [1.29, 1.82) is 0 Å². The van der Waals surface area contributed by atoms with Gasteiger partial charge in [-0.15, -0.1) is 11.6 Å². The highest BCUT2D eigenvalue weighted by molar-refractivity contribution is 6.28. The molecule has 0 unspecified atom stereocenters. The van der Waals surface area contributed by atoms with Gasteiger partial charge in [-0.1, -0.05) is 19.9 Å². The molecular weight excluding hydrogens is 451 g/mol. The van der Waals surface area contributed by atoms with Crippen molar-refractivity contribution < 1.29 is 23.6 Å². The van der Waals surface area contributed by atoms with Crippen molar-refractivity contribution in [2.75, 3.05) is 17.7 Å². The third-order valence-corrected chi connectivity index (χ3v) is 5.99. The predicted octanol–water partition coefficient (Wildman–Crippen LogP) is 2.73. The first-order valence-corrected chi connectivity index (χ1v) is 11.5. The minimum absolute atomic E-state index is 0.00875. The molecule has 1 saturated heterocycles. The van der Waals surface area contributed by atoms with E-state index in [9.17, 15) is 23.6 Å². The Morgan fingerprint density at radius 3 is 2.61 bits per heavy atom. The van der Waals surface area contributed by atoms with Gasteiger partial charge in [0.1, 0.15) is 17.6 Å². The summed E-state index contributed by atoms with van der Waals surface area (Å²) in [5, 5.41) is 8.31. The fourth-order valence-electron chi connectivity index (χ4n) is 4.00. The Morgan fingerprint density at radius 1 is 1.24 bits per heavy atom. The van der Waals surface area contributed by atoms with Crippen LogP contribution >= 0.6 is 11.6 Å². The van der Waals surface area contributed by atoms with Crippen molar-refractivity contribution in [3.8, 4) is 0 Å². The highest BCUT2D eigenvalue weighted by Crippen LogP contribution is 2.23. The molecule has 1 aromatic heterocycles. The van der Waals surface area contributed by atoms with E-state index in [-0.39, 0.29) is 36.4 Å². The van der Waals surface area contributed by atoms with Crippen LogP contribution in [0.15, 0.2) is 24.3 Å². The van der Waals surface area contributed by atoms with Gasteiger partial charge in [-0.2, -0.15) is 0 Å². The van der Waals surface area contributed by atoms with Crippen LogP contribution in [0.4, 0.5) is 10.2 Å². The Bertz CT molecular complexity index is 1050. The van der Waals surface area contributed by atoms with E-state index in [0.717, 1.165) is 0 Å². The van der Waals surface area contributed by atoms with Crippen LogP contribution in [0.1, 0.15) is 33.1 Å². The fraction of sp³-hybridized carbons (Fsp3) is 0.478. The zero-order valence-electron chi connectivity index (χ0n) is 18.5. The number of alkyl halides is 1. The van der Waals surface area contributed by atoms with Crippen LogP contribution in [0.5, 0.6) is 0 Å². The maximum absolute atomic E-state index is 14.0. The van der Waals surface area contributed by atoms with E-state index in [1.165, 1.54) is 12.1 Å². The maximum Gasteiger partial charge on any atom is 0.238 e. The molecule has 0 radical (unpaired) electrons. The molecule has 3 rings (SSSR count). The Kier molecular flexibility index (Phi) is 8.07. The van der Waals surface area contributed by atoms with Crippen molar-refractivity contribution in [3.63, 3.8) is 0 Å². The standard InChI is InChI=1S/C23H28ClFN4O4/c1-12(2)8-15(23(33)29-20-10-14-16(25)4-3-5-17(14)27-20)22(32)28-18(19(30)11-24)9-13-6-7-26-21(13)31/h3-5,10,12-13,15,18,27H,6-9,11H2,1-2H3,(H,26,31)(H,28,32)(H,29,33)/t13-,15-,18-/m0/s1. The molecule has 2 heterocycles. The first kappa shape index (κ1) is 24.7. The van der Waals surface area contributed by atoms with Crippen LogP contribution in [0.3, 0.4) is 0 Å². The molecule has 3 atom stereocenters. The van der Waals surface area contributed by atoms with Crippen molar-refractivity contribution in [2.45, 2.75) is 39.2 Å². The molecule has 33 heavy (non-hydrogen) atoms. The van der Waals surface area contributed by atoms with Gasteiger partial charge in [0, 0.05) is 23.4 Å². The molecule has 4 N–H and O–H groups in total. The largest absolute Gasteiger partial charge is 0.356 e. The number of carbonyl (C=O) groups excluding carboxylic acids is 4. The van der Waals surface area contributed by atoms with Gasteiger partial charge in [0.05, 0.1) is 11.9 Å². The minimum atomic E-state index is -1.09. The number of amides is 3. The topological polar surface area (TPSA) is 120 Å². The second kappa shape index (κ2) is 10.8. The quantitative estimate of drug-likeness (QED) is 0.310. The van der Waals surface area contributed by atoms with Gasteiger partial charge >= 0.3 is 0 Å². The Hall–Kier alpha value is -2.94. The van der Waals surface area contributed by atoms with Crippen LogP contribution in [0.2, 0.25) is 0 Å². The highest BCUT2D eigenvalue weighted by atomic mass is 35.5. The number of fused-ring (bicyclic) bond motifs is 1. The summed E-state index contributed by atoms with van der Waals surface area (Å²) < 4.78 is 14.0. The molecule has 178 valence electrons. The summed E-state index contributed by atoms with van der Waals surface area (Å²) in [4.78, 5) is 53.3. The Labute approximate surface area is 196 Å². The van der Waals surface area contributed by atoms with Gasteiger partial charge in [0.2, 0.25) is 17.7 Å². The number of rotatable bonds is 10. The smallest absolute Gasteiger partial charge is 0.238 e. The van der Waals surface area contributed by atoms with Crippen LogP contribution in [0.25, 0.3) is 10.9 Å². The molecule has 1 aliphatic heterocycles. The van der Waals surface area contributed by atoms with E-state index in [1.807, 2.05) is 13.8 Å². The van der Waals surface area contributed by atoms with Crippen molar-refractivity contribution in [2.24, 2.45) is 17.8 Å². The lowest BCUT2D eigenvalue weighted by molar-refractivity contribution is -0.136. The summed E-state index contributed by atoms with van der Waals surface area (Å²) in [6.45, 7) is 4.26. The van der Waals surface area contributed by atoms with Gasteiger partial charge in [-0.05, 0) is 43.4 Å². The fourth-order valence-corrected chi connectivity index (χ4v) is 4.19. The normalized spacial score (nSPS) is 17.6. The average molecular weight is 479 g/mol. The van der Waals surface area contributed by atoms with E-state index in [1.54, 1.807) is 12.1 Å². The van der Waals surface area contributed by atoms with Crippen LogP contribution in [-0.4, -0.2) is 47.0 Å². The number of aromatic nitrogens is 1. The second-order valence-corrected chi connectivity index (χ2v) is 9.00. The third kappa shape index (κ3) is 6.10. The number of anilines is 1. The van der Waals surface area contributed by atoms with Crippen LogP contribution in [-0.2, 0) is 19.2 Å². The first-order valence-electron chi connectivity index (χ1n) is 10.9. The number of benzene rings is 1. The second-order valence-electron chi connectivity index (χ2n) is 8.73. The molecule has 1 aliphatic rings. The van der Waals surface area contributed by atoms with E-state index in [4.69, 9.17) is 11.6 Å². The summed E-state index contributed by atoms with van der Waals surface area (Å²) in [5.41, 5.74) is 0.512. The molecule has 10 heteroatoms. The number of hydrogen-bond donors (Lipinski definition) is 4. The Balaban J connectivity index is 1.75. The molecule has 8 nitrogen and oxygen atoms in total. The van der Waals surface area contributed by atoms with Gasteiger partial charge in [-0.3, -0.25) is 19.2 Å². The summed E-state index contributed by atoms with van der Waals surface area (Å²) in [6.07, 6.45) is 0.923. The van der Waals surface area contributed by atoms with E-state index < -0.39 is 41.3 Å². The van der Waals surface area contributed by atoms with Crippen LogP contribution < -0.4 is 16.0 Å². The zero-order chi connectivity index (χ0) is 24.1. The number of ketones is 1. The minimum Gasteiger partial charge on any atom is -0.356 e. The molecular formula is C23H28ClFN4O4. The van der Waals surface area contributed by atoms with Gasteiger partial charge in [0.15, 0.2) is 5.78 Å². The number of hydrogen-bond acceptors (Lipinski definition) is 4. The van der Waals surface area contributed by atoms with E-state index in [2.05, 4.69) is 20.9 Å². The molecule has 1 aromatic carbocycles. The third-order valence-electron chi connectivity index (χ3n) is 5.73. The van der Waals surface area contributed by atoms with Crippen molar-refractivity contribution in [3.05, 3.63) is 30.1 Å². The Morgan fingerprint density at radius 2 is 2.00 bits per heavy atom. The van der Waals surface area contributed by atoms with Crippen LogP contribution in [0, 0.1) is 23.6 Å². The molecule has 0 saturated carbocycles. The number of Topliss-reactive ketones (excluding diaryl/α,β-unsaturated/α-hetero) is 1. The lowest BCUT2D eigenvalue weighted by Gasteiger charge is -2.23.